The molecule has 0 radical (unpaired) electrons. The van der Waals surface area contributed by atoms with E-state index in [0.29, 0.717) is 0 Å². The zero-order valence-electron chi connectivity index (χ0n) is 10.7. The Morgan fingerprint density at radius 3 is 3.17 bits per heavy atom. The van der Waals surface area contributed by atoms with Crippen LogP contribution >= 0.6 is 0 Å². The minimum absolute atomic E-state index is 0.262. The Morgan fingerprint density at radius 2 is 2.17 bits per heavy atom. The fourth-order valence-electron chi connectivity index (χ4n) is 2.63. The molecule has 0 amide bonds. The van der Waals surface area contributed by atoms with E-state index in [1.165, 1.54) is 13.0 Å². The summed E-state index contributed by atoms with van der Waals surface area (Å²) in [4.78, 5) is 2.50. The molecule has 4 heteroatoms. The fraction of sp³-hybridized carbons (Fsp3) is 0.571. The average molecular weight is 247 g/mol. The van der Waals surface area contributed by atoms with E-state index < -0.39 is 0 Å². The van der Waals surface area contributed by atoms with Gasteiger partial charge in [-0.3, -0.25) is 4.90 Å². The SMILES string of the molecule is c1ccc2c(c1)NCC(CN1CCCNCC1)O2. The highest BCUT2D eigenvalue weighted by atomic mass is 16.5. The van der Waals surface area contributed by atoms with Crippen LogP contribution in [-0.4, -0.2) is 50.3 Å². The van der Waals surface area contributed by atoms with Gasteiger partial charge in [0.2, 0.25) is 0 Å². The third-order valence-electron chi connectivity index (χ3n) is 3.60. The molecule has 2 aliphatic heterocycles. The second kappa shape index (κ2) is 5.59. The predicted molar refractivity (Wildman–Crippen MR) is 73.3 cm³/mol. The van der Waals surface area contributed by atoms with Crippen molar-refractivity contribution in [1.82, 2.24) is 10.2 Å². The number of nitrogens with zero attached hydrogens (tertiary/aromatic N) is 1. The molecule has 2 aliphatic rings. The second-order valence-electron chi connectivity index (χ2n) is 5.02. The van der Waals surface area contributed by atoms with Crippen molar-refractivity contribution in [3.63, 3.8) is 0 Å². The number of nitrogens with one attached hydrogen (secondary N) is 2. The normalized spacial score (nSPS) is 24.6. The first-order valence-electron chi connectivity index (χ1n) is 6.84. The monoisotopic (exact) mass is 247 g/mol. The molecular weight excluding hydrogens is 226 g/mol. The number of ether oxygens (including phenoxy) is 1. The molecule has 0 saturated carbocycles. The Balaban J connectivity index is 1.58. The number of rotatable bonds is 2. The maximum atomic E-state index is 6.05. The van der Waals surface area contributed by atoms with Gasteiger partial charge in [0.25, 0.3) is 0 Å². The van der Waals surface area contributed by atoms with Crippen LogP contribution in [0, 0.1) is 0 Å². The summed E-state index contributed by atoms with van der Waals surface area (Å²) in [5.41, 5.74) is 1.12. The van der Waals surface area contributed by atoms with Crippen LogP contribution in [0.5, 0.6) is 5.75 Å². The van der Waals surface area contributed by atoms with Gasteiger partial charge in [-0.25, -0.2) is 0 Å². The largest absolute Gasteiger partial charge is 0.485 e. The first-order valence-corrected chi connectivity index (χ1v) is 6.84. The van der Waals surface area contributed by atoms with Gasteiger partial charge >= 0.3 is 0 Å². The standard InChI is InChI=1S/C14H21N3O/c1-2-5-14-13(4-1)16-10-12(18-14)11-17-8-3-6-15-7-9-17/h1-2,4-5,12,15-16H,3,6-11H2. The molecule has 0 spiro atoms. The molecule has 3 rings (SSSR count). The van der Waals surface area contributed by atoms with Crippen LogP contribution in [0.1, 0.15) is 6.42 Å². The van der Waals surface area contributed by atoms with Crippen LogP contribution in [0.15, 0.2) is 24.3 Å². The highest BCUT2D eigenvalue weighted by molar-refractivity contribution is 5.57. The smallest absolute Gasteiger partial charge is 0.142 e. The van der Waals surface area contributed by atoms with Gasteiger partial charge in [-0.2, -0.15) is 0 Å². The van der Waals surface area contributed by atoms with E-state index in [0.717, 1.165) is 44.2 Å². The summed E-state index contributed by atoms with van der Waals surface area (Å²) in [6.07, 6.45) is 1.49. The van der Waals surface area contributed by atoms with E-state index >= 15 is 0 Å². The summed E-state index contributed by atoms with van der Waals surface area (Å²) in [6.45, 7) is 6.46. The number of para-hydroxylation sites is 2. The summed E-state index contributed by atoms with van der Waals surface area (Å²) in [5, 5.41) is 6.88. The number of hydrogen-bond donors (Lipinski definition) is 2. The Labute approximate surface area is 108 Å². The summed E-state index contributed by atoms with van der Waals surface area (Å²) in [5.74, 6) is 0.988. The van der Waals surface area contributed by atoms with Crippen molar-refractivity contribution in [2.75, 3.05) is 44.6 Å². The quantitative estimate of drug-likeness (QED) is 0.822. The average Bonchev–Trinajstić information content (AvgIpc) is 2.67. The lowest BCUT2D eigenvalue weighted by atomic mass is 10.2. The van der Waals surface area contributed by atoms with Gasteiger partial charge in [0, 0.05) is 19.6 Å². The Morgan fingerprint density at radius 1 is 1.22 bits per heavy atom. The third-order valence-corrected chi connectivity index (χ3v) is 3.60. The molecule has 0 aliphatic carbocycles. The number of benzene rings is 1. The van der Waals surface area contributed by atoms with Crippen molar-refractivity contribution in [1.29, 1.82) is 0 Å². The molecule has 1 atom stereocenters. The lowest BCUT2D eigenvalue weighted by Gasteiger charge is -2.31. The van der Waals surface area contributed by atoms with E-state index in [-0.39, 0.29) is 6.10 Å². The van der Waals surface area contributed by atoms with Gasteiger partial charge in [0.1, 0.15) is 11.9 Å². The second-order valence-corrected chi connectivity index (χ2v) is 5.02. The van der Waals surface area contributed by atoms with E-state index in [1.807, 2.05) is 18.2 Å². The molecule has 18 heavy (non-hydrogen) atoms. The molecule has 1 fully saturated rings. The Hall–Kier alpha value is -1.26. The van der Waals surface area contributed by atoms with Crippen molar-refractivity contribution in [2.24, 2.45) is 0 Å². The van der Waals surface area contributed by atoms with Crippen LogP contribution in [0.25, 0.3) is 0 Å². The van der Waals surface area contributed by atoms with Crippen molar-refractivity contribution >= 4 is 5.69 Å². The number of fused-ring (bicyclic) bond motifs is 1. The first-order chi connectivity index (χ1) is 8.92. The van der Waals surface area contributed by atoms with E-state index in [4.69, 9.17) is 4.74 Å². The molecule has 0 aromatic heterocycles. The maximum Gasteiger partial charge on any atom is 0.142 e. The molecule has 98 valence electrons. The first kappa shape index (κ1) is 11.8. The van der Waals surface area contributed by atoms with E-state index in [2.05, 4.69) is 21.6 Å². The van der Waals surface area contributed by atoms with Gasteiger partial charge in [-0.15, -0.1) is 0 Å². The summed E-state index contributed by atoms with van der Waals surface area (Å²) >= 11 is 0. The fourth-order valence-corrected chi connectivity index (χ4v) is 2.63. The van der Waals surface area contributed by atoms with Crippen molar-refractivity contribution < 1.29 is 4.74 Å². The van der Waals surface area contributed by atoms with Crippen molar-refractivity contribution in [3.05, 3.63) is 24.3 Å². The molecule has 4 nitrogen and oxygen atoms in total. The van der Waals surface area contributed by atoms with E-state index in [9.17, 15) is 0 Å². The van der Waals surface area contributed by atoms with Crippen LogP contribution in [-0.2, 0) is 0 Å². The van der Waals surface area contributed by atoms with Crippen LogP contribution in [0.3, 0.4) is 0 Å². The predicted octanol–water partition coefficient (Wildman–Crippen LogP) is 1.15. The maximum absolute atomic E-state index is 6.05. The van der Waals surface area contributed by atoms with Gasteiger partial charge in [0.05, 0.1) is 12.2 Å². The zero-order chi connectivity index (χ0) is 12.2. The Bertz CT molecular complexity index is 388. The molecule has 1 unspecified atom stereocenters. The molecule has 1 saturated heterocycles. The molecule has 2 N–H and O–H groups in total. The summed E-state index contributed by atoms with van der Waals surface area (Å²) in [7, 11) is 0. The molecule has 2 heterocycles. The minimum atomic E-state index is 0.262. The highest BCUT2D eigenvalue weighted by Gasteiger charge is 2.21. The van der Waals surface area contributed by atoms with Crippen LogP contribution < -0.4 is 15.4 Å². The van der Waals surface area contributed by atoms with Gasteiger partial charge in [-0.05, 0) is 31.6 Å². The molecule has 1 aromatic rings. The molecule has 0 bridgehead atoms. The Kier molecular flexibility index (Phi) is 3.67. The van der Waals surface area contributed by atoms with Crippen molar-refractivity contribution in [2.45, 2.75) is 12.5 Å². The highest BCUT2D eigenvalue weighted by Crippen LogP contribution is 2.28. The lowest BCUT2D eigenvalue weighted by Crippen LogP contribution is -2.42. The zero-order valence-corrected chi connectivity index (χ0v) is 10.7. The third kappa shape index (κ3) is 2.76. The van der Waals surface area contributed by atoms with Crippen LogP contribution in [0.2, 0.25) is 0 Å². The van der Waals surface area contributed by atoms with Crippen LogP contribution in [0.4, 0.5) is 5.69 Å². The van der Waals surface area contributed by atoms with Gasteiger partial charge < -0.3 is 15.4 Å². The number of anilines is 1. The lowest BCUT2D eigenvalue weighted by molar-refractivity contribution is 0.140. The molecule has 1 aromatic carbocycles. The topological polar surface area (TPSA) is 36.5 Å². The van der Waals surface area contributed by atoms with Crippen molar-refractivity contribution in [3.8, 4) is 5.75 Å². The molecular formula is C14H21N3O. The summed E-state index contributed by atoms with van der Waals surface area (Å²) < 4.78 is 6.05. The minimum Gasteiger partial charge on any atom is -0.485 e. The number of hydrogen-bond acceptors (Lipinski definition) is 4. The van der Waals surface area contributed by atoms with E-state index in [1.54, 1.807) is 0 Å². The summed E-state index contributed by atoms with van der Waals surface area (Å²) in [6, 6.07) is 8.18. The van der Waals surface area contributed by atoms with Gasteiger partial charge in [0.15, 0.2) is 0 Å². The van der Waals surface area contributed by atoms with Gasteiger partial charge in [-0.1, -0.05) is 12.1 Å².